The summed E-state index contributed by atoms with van der Waals surface area (Å²) in [6.07, 6.45) is 1.76. The van der Waals surface area contributed by atoms with Crippen LogP contribution in [0.3, 0.4) is 0 Å². The van der Waals surface area contributed by atoms with Gasteiger partial charge in [-0.2, -0.15) is 0 Å². The van der Waals surface area contributed by atoms with Gasteiger partial charge in [-0.1, -0.05) is 13.8 Å². The number of aromatic nitrogens is 1. The van der Waals surface area contributed by atoms with Gasteiger partial charge in [-0.25, -0.2) is 14.7 Å². The molecule has 0 spiro atoms. The smallest absolute Gasteiger partial charge is 0.327 e. The standard InChI is InChI=1S/C16H24N4O/c1-10(2)13-14(12(5)8-9-19-13)20(16(21)18-7)15(17-6)11(3)4/h8-10H,6H2,1-5,7H3,(H,18,21). The zero-order valence-corrected chi connectivity index (χ0v) is 13.7. The molecule has 0 aromatic carbocycles. The van der Waals surface area contributed by atoms with Crippen LogP contribution in [0.5, 0.6) is 0 Å². The molecule has 0 fully saturated rings. The number of rotatable bonds is 4. The largest absolute Gasteiger partial charge is 0.340 e. The number of nitrogens with zero attached hydrogens (tertiary/aromatic N) is 3. The molecule has 0 atom stereocenters. The zero-order chi connectivity index (χ0) is 16.2. The Hall–Kier alpha value is -2.17. The topological polar surface area (TPSA) is 57.6 Å². The van der Waals surface area contributed by atoms with Crippen molar-refractivity contribution in [2.45, 2.75) is 40.5 Å². The Morgan fingerprint density at radius 1 is 1.43 bits per heavy atom. The third kappa shape index (κ3) is 3.48. The monoisotopic (exact) mass is 288 g/mol. The average molecular weight is 288 g/mol. The second kappa shape index (κ2) is 7.02. The molecule has 0 aliphatic rings. The van der Waals surface area contributed by atoms with E-state index in [1.165, 1.54) is 0 Å². The molecule has 1 N–H and O–H groups in total. The number of hydrogen-bond donors (Lipinski definition) is 1. The van der Waals surface area contributed by atoms with Crippen LogP contribution in [0, 0.1) is 6.92 Å². The number of aryl methyl sites for hydroxylation is 1. The normalized spacial score (nSPS) is 10.2. The maximum Gasteiger partial charge on any atom is 0.327 e. The fraction of sp³-hybridized carbons (Fsp3) is 0.438. The highest BCUT2D eigenvalue weighted by Crippen LogP contribution is 2.32. The second-order valence-corrected chi connectivity index (χ2v) is 5.39. The van der Waals surface area contributed by atoms with Crippen LogP contribution in [-0.2, 0) is 0 Å². The molecule has 0 saturated carbocycles. The maximum atomic E-state index is 12.4. The minimum Gasteiger partial charge on any atom is -0.340 e. The van der Waals surface area contributed by atoms with Crippen molar-refractivity contribution in [1.29, 1.82) is 0 Å². The van der Waals surface area contributed by atoms with Gasteiger partial charge in [0.05, 0.1) is 11.4 Å². The fourth-order valence-electron chi connectivity index (χ4n) is 2.15. The van der Waals surface area contributed by atoms with Crippen molar-refractivity contribution in [1.82, 2.24) is 10.3 Å². The molecule has 1 rings (SSSR count). The average Bonchev–Trinajstić information content (AvgIpc) is 2.43. The summed E-state index contributed by atoms with van der Waals surface area (Å²) in [5.74, 6) is 0.725. The van der Waals surface area contributed by atoms with Crippen LogP contribution in [0.15, 0.2) is 28.6 Å². The van der Waals surface area contributed by atoms with E-state index in [0.29, 0.717) is 5.82 Å². The summed E-state index contributed by atoms with van der Waals surface area (Å²) >= 11 is 0. The fourth-order valence-corrected chi connectivity index (χ4v) is 2.15. The molecular weight excluding hydrogens is 264 g/mol. The van der Waals surface area contributed by atoms with Crippen LogP contribution in [0.2, 0.25) is 0 Å². The van der Waals surface area contributed by atoms with Crippen molar-refractivity contribution in [3.8, 4) is 0 Å². The first-order valence-corrected chi connectivity index (χ1v) is 6.96. The number of amides is 2. The molecule has 114 valence electrons. The first-order chi connectivity index (χ1) is 9.84. The van der Waals surface area contributed by atoms with E-state index in [9.17, 15) is 4.79 Å². The molecule has 0 aliphatic heterocycles. The van der Waals surface area contributed by atoms with Crippen LogP contribution in [0.4, 0.5) is 10.5 Å². The van der Waals surface area contributed by atoms with Crippen LogP contribution in [-0.4, -0.2) is 24.8 Å². The lowest BCUT2D eigenvalue weighted by molar-refractivity contribution is 0.249. The first kappa shape index (κ1) is 16.9. The van der Waals surface area contributed by atoms with Gasteiger partial charge in [0, 0.05) is 13.2 Å². The van der Waals surface area contributed by atoms with Gasteiger partial charge in [-0.05, 0) is 50.6 Å². The van der Waals surface area contributed by atoms with Gasteiger partial charge in [0.1, 0.15) is 5.82 Å². The highest BCUT2D eigenvalue weighted by molar-refractivity contribution is 5.96. The van der Waals surface area contributed by atoms with E-state index < -0.39 is 0 Å². The van der Waals surface area contributed by atoms with Crippen molar-refractivity contribution in [2.75, 3.05) is 11.9 Å². The lowest BCUT2D eigenvalue weighted by Crippen LogP contribution is -2.38. The van der Waals surface area contributed by atoms with E-state index >= 15 is 0 Å². The number of anilines is 1. The first-order valence-electron chi connectivity index (χ1n) is 6.96. The van der Waals surface area contributed by atoms with Crippen molar-refractivity contribution in [3.05, 3.63) is 34.9 Å². The van der Waals surface area contributed by atoms with Crippen molar-refractivity contribution in [2.24, 2.45) is 4.99 Å². The highest BCUT2D eigenvalue weighted by atomic mass is 16.2. The molecule has 0 saturated heterocycles. The quantitative estimate of drug-likeness (QED) is 0.860. The van der Waals surface area contributed by atoms with Crippen LogP contribution < -0.4 is 10.2 Å². The van der Waals surface area contributed by atoms with E-state index in [-0.39, 0.29) is 11.9 Å². The van der Waals surface area contributed by atoms with E-state index in [4.69, 9.17) is 0 Å². The summed E-state index contributed by atoms with van der Waals surface area (Å²) in [7, 11) is 1.60. The van der Waals surface area contributed by atoms with Gasteiger partial charge < -0.3 is 5.32 Å². The summed E-state index contributed by atoms with van der Waals surface area (Å²) in [4.78, 5) is 22.5. The Kier molecular flexibility index (Phi) is 5.64. The predicted molar refractivity (Wildman–Crippen MR) is 87.9 cm³/mol. The molecule has 1 aromatic heterocycles. The summed E-state index contributed by atoms with van der Waals surface area (Å²) in [5, 5.41) is 2.66. The highest BCUT2D eigenvalue weighted by Gasteiger charge is 2.25. The number of carbonyl (C=O) groups is 1. The minimum absolute atomic E-state index is 0.190. The zero-order valence-electron chi connectivity index (χ0n) is 13.7. The number of nitrogens with one attached hydrogen (secondary N) is 1. The number of carbonyl (C=O) groups excluding carboxylic acids is 1. The SMILES string of the molecule is C=NC(=C(C)C)N(C(=O)NC)c1c(C)ccnc1C(C)C. The Balaban J connectivity index is 3.66. The molecule has 0 aliphatic carbocycles. The van der Waals surface area contributed by atoms with Crippen LogP contribution in [0.25, 0.3) is 0 Å². The van der Waals surface area contributed by atoms with Crippen molar-refractivity contribution >= 4 is 18.4 Å². The van der Waals surface area contributed by atoms with Gasteiger partial charge in [0.2, 0.25) is 0 Å². The van der Waals surface area contributed by atoms with Gasteiger partial charge in [0.15, 0.2) is 0 Å². The summed E-state index contributed by atoms with van der Waals surface area (Å²) in [5.41, 5.74) is 3.52. The minimum atomic E-state index is -0.253. The van der Waals surface area contributed by atoms with Crippen molar-refractivity contribution < 1.29 is 4.79 Å². The second-order valence-electron chi connectivity index (χ2n) is 5.39. The number of aliphatic imine (C=N–C) groups is 1. The third-order valence-electron chi connectivity index (χ3n) is 3.15. The number of allylic oxidation sites excluding steroid dienone is 1. The lowest BCUT2D eigenvalue weighted by Gasteiger charge is -2.27. The molecule has 5 heteroatoms. The predicted octanol–water partition coefficient (Wildman–Crippen LogP) is 3.61. The van der Waals surface area contributed by atoms with Crippen LogP contribution >= 0.6 is 0 Å². The molecule has 0 bridgehead atoms. The Morgan fingerprint density at radius 3 is 2.48 bits per heavy atom. The molecule has 5 nitrogen and oxygen atoms in total. The van der Waals surface area contributed by atoms with E-state index in [0.717, 1.165) is 22.5 Å². The summed E-state index contributed by atoms with van der Waals surface area (Å²) in [6.45, 7) is 13.5. The Labute approximate surface area is 126 Å². The number of hydrogen-bond acceptors (Lipinski definition) is 3. The summed E-state index contributed by atoms with van der Waals surface area (Å²) < 4.78 is 0. The maximum absolute atomic E-state index is 12.4. The molecule has 2 amide bonds. The summed E-state index contributed by atoms with van der Waals surface area (Å²) in [6, 6.07) is 1.64. The molecule has 21 heavy (non-hydrogen) atoms. The molecule has 1 heterocycles. The molecule has 0 radical (unpaired) electrons. The molecule has 1 aromatic rings. The van der Waals surface area contributed by atoms with Gasteiger partial charge in [-0.3, -0.25) is 4.98 Å². The number of urea groups is 1. The van der Waals surface area contributed by atoms with E-state index in [2.05, 4.69) is 35.9 Å². The third-order valence-corrected chi connectivity index (χ3v) is 3.15. The molecular formula is C16H24N4O. The Bertz CT molecular complexity index is 572. The van der Waals surface area contributed by atoms with Gasteiger partial charge in [0.25, 0.3) is 0 Å². The molecule has 0 unspecified atom stereocenters. The van der Waals surface area contributed by atoms with E-state index in [1.54, 1.807) is 18.1 Å². The van der Waals surface area contributed by atoms with Crippen molar-refractivity contribution in [3.63, 3.8) is 0 Å². The van der Waals surface area contributed by atoms with E-state index in [1.807, 2.05) is 26.8 Å². The van der Waals surface area contributed by atoms with Gasteiger partial charge in [-0.15, -0.1) is 0 Å². The Morgan fingerprint density at radius 2 is 2.05 bits per heavy atom. The van der Waals surface area contributed by atoms with Gasteiger partial charge >= 0.3 is 6.03 Å². The number of pyridine rings is 1. The van der Waals surface area contributed by atoms with Crippen LogP contribution in [0.1, 0.15) is 44.9 Å². The lowest BCUT2D eigenvalue weighted by atomic mass is 10.0.